The maximum Gasteiger partial charge on any atom is 0.129 e. The Morgan fingerprint density at radius 3 is 2.42 bits per heavy atom. The molecule has 19 heavy (non-hydrogen) atoms. The van der Waals surface area contributed by atoms with Gasteiger partial charge in [0.05, 0.1) is 5.69 Å². The van der Waals surface area contributed by atoms with Crippen LogP contribution in [0.4, 0.5) is 14.6 Å². The molecule has 1 aromatic carbocycles. The molecule has 2 aromatic rings. The van der Waals surface area contributed by atoms with Crippen LogP contribution in [0.5, 0.6) is 0 Å². The number of anilines is 1. The van der Waals surface area contributed by atoms with Gasteiger partial charge in [0.1, 0.15) is 17.5 Å². The third-order valence-corrected chi connectivity index (χ3v) is 3.08. The fourth-order valence-electron chi connectivity index (χ4n) is 2.13. The Kier molecular flexibility index (Phi) is 3.83. The molecule has 0 saturated heterocycles. The van der Waals surface area contributed by atoms with Gasteiger partial charge in [0.15, 0.2) is 0 Å². The minimum Gasteiger partial charge on any atom is -0.383 e. The number of hydrogen-bond donors (Lipinski definition) is 1. The normalized spacial score (nSPS) is 10.9. The molecule has 102 valence electrons. The third-order valence-electron chi connectivity index (χ3n) is 3.08. The Bertz CT molecular complexity index is 570. The maximum absolute atomic E-state index is 13.3. The predicted molar refractivity (Wildman–Crippen MR) is 71.6 cm³/mol. The van der Waals surface area contributed by atoms with E-state index in [4.69, 9.17) is 5.73 Å². The summed E-state index contributed by atoms with van der Waals surface area (Å²) in [4.78, 5) is 0. The van der Waals surface area contributed by atoms with Crippen molar-refractivity contribution in [1.82, 2.24) is 9.78 Å². The van der Waals surface area contributed by atoms with Crippen LogP contribution in [0.25, 0.3) is 11.1 Å². The highest BCUT2D eigenvalue weighted by atomic mass is 19.1. The summed E-state index contributed by atoms with van der Waals surface area (Å²) in [6.07, 6.45) is 2.73. The molecule has 2 N–H and O–H groups in total. The van der Waals surface area contributed by atoms with E-state index >= 15 is 0 Å². The number of halogens is 2. The van der Waals surface area contributed by atoms with Gasteiger partial charge >= 0.3 is 0 Å². The highest BCUT2D eigenvalue weighted by molar-refractivity contribution is 5.76. The van der Waals surface area contributed by atoms with Crippen molar-refractivity contribution in [3.63, 3.8) is 0 Å². The predicted octanol–water partition coefficient (Wildman–Crippen LogP) is 3.29. The third kappa shape index (κ3) is 2.75. The van der Waals surface area contributed by atoms with Crippen LogP contribution in [0, 0.1) is 11.6 Å². The second-order valence-corrected chi connectivity index (χ2v) is 4.59. The number of hydrogen-bond acceptors (Lipinski definition) is 2. The first-order valence-electron chi connectivity index (χ1n) is 6.30. The van der Waals surface area contributed by atoms with E-state index in [1.54, 1.807) is 11.7 Å². The zero-order chi connectivity index (χ0) is 14.0. The molecular formula is C14H17F2N3. The molecule has 0 atom stereocenters. The van der Waals surface area contributed by atoms with Gasteiger partial charge in [0.25, 0.3) is 0 Å². The van der Waals surface area contributed by atoms with Crippen molar-refractivity contribution >= 4 is 5.82 Å². The van der Waals surface area contributed by atoms with Gasteiger partial charge < -0.3 is 5.73 Å². The van der Waals surface area contributed by atoms with Gasteiger partial charge in [-0.2, -0.15) is 5.10 Å². The molecular weight excluding hydrogens is 248 g/mol. The Labute approximate surface area is 111 Å². The van der Waals surface area contributed by atoms with Crippen LogP contribution in [-0.4, -0.2) is 9.78 Å². The smallest absolute Gasteiger partial charge is 0.129 e. The number of nitrogen functional groups attached to an aromatic ring is 1. The average Bonchev–Trinajstić information content (AvgIpc) is 2.61. The summed E-state index contributed by atoms with van der Waals surface area (Å²) in [6, 6.07) is 3.42. The zero-order valence-corrected chi connectivity index (χ0v) is 11.1. The number of rotatable bonds is 4. The monoisotopic (exact) mass is 265 g/mol. The highest BCUT2D eigenvalue weighted by Gasteiger charge is 2.16. The van der Waals surface area contributed by atoms with E-state index in [2.05, 4.69) is 12.0 Å². The first-order valence-corrected chi connectivity index (χ1v) is 6.30. The van der Waals surface area contributed by atoms with Gasteiger partial charge in [-0.3, -0.25) is 4.68 Å². The molecule has 0 radical (unpaired) electrons. The summed E-state index contributed by atoms with van der Waals surface area (Å²) in [6.45, 7) is 2.08. The fraction of sp³-hybridized carbons (Fsp3) is 0.357. The van der Waals surface area contributed by atoms with Crippen LogP contribution in [0.3, 0.4) is 0 Å². The maximum atomic E-state index is 13.3. The molecule has 0 fully saturated rings. The van der Waals surface area contributed by atoms with Crippen LogP contribution in [0.15, 0.2) is 18.2 Å². The quantitative estimate of drug-likeness (QED) is 0.921. The molecule has 0 aliphatic heterocycles. The number of aryl methyl sites for hydroxylation is 2. The van der Waals surface area contributed by atoms with Crippen molar-refractivity contribution in [2.45, 2.75) is 26.2 Å². The molecule has 3 nitrogen and oxygen atoms in total. The topological polar surface area (TPSA) is 43.8 Å². The average molecular weight is 265 g/mol. The van der Waals surface area contributed by atoms with E-state index in [1.807, 2.05) is 0 Å². The number of unbranched alkanes of at least 4 members (excludes halogenated alkanes) is 1. The summed E-state index contributed by atoms with van der Waals surface area (Å²) in [5, 5.41) is 4.33. The SMILES string of the molecule is CCCCc1nn(C)c(N)c1-c1cc(F)cc(F)c1. The largest absolute Gasteiger partial charge is 0.383 e. The van der Waals surface area contributed by atoms with E-state index < -0.39 is 11.6 Å². The van der Waals surface area contributed by atoms with Gasteiger partial charge in [-0.05, 0) is 30.5 Å². The standard InChI is InChI=1S/C14H17F2N3/c1-3-4-5-12-13(14(17)19(2)18-12)9-6-10(15)8-11(16)7-9/h6-8H,3-5,17H2,1-2H3. The van der Waals surface area contributed by atoms with Crippen LogP contribution in [0.1, 0.15) is 25.5 Å². The van der Waals surface area contributed by atoms with E-state index in [1.165, 1.54) is 12.1 Å². The van der Waals surface area contributed by atoms with Crippen molar-refractivity contribution in [3.8, 4) is 11.1 Å². The van der Waals surface area contributed by atoms with Crippen molar-refractivity contribution in [2.24, 2.45) is 7.05 Å². The summed E-state index contributed by atoms with van der Waals surface area (Å²) in [5.41, 5.74) is 7.82. The Morgan fingerprint density at radius 1 is 1.21 bits per heavy atom. The minimum atomic E-state index is -0.611. The van der Waals surface area contributed by atoms with E-state index in [9.17, 15) is 8.78 Å². The Morgan fingerprint density at radius 2 is 1.84 bits per heavy atom. The summed E-state index contributed by atoms with van der Waals surface area (Å²) < 4.78 is 28.2. The molecule has 0 unspecified atom stereocenters. The van der Waals surface area contributed by atoms with Crippen molar-refractivity contribution in [1.29, 1.82) is 0 Å². The highest BCUT2D eigenvalue weighted by Crippen LogP contribution is 2.31. The number of benzene rings is 1. The number of aromatic nitrogens is 2. The number of nitrogens with zero attached hydrogens (tertiary/aromatic N) is 2. The molecule has 1 heterocycles. The minimum absolute atomic E-state index is 0.427. The lowest BCUT2D eigenvalue weighted by Gasteiger charge is -2.04. The second kappa shape index (κ2) is 5.38. The fourth-order valence-corrected chi connectivity index (χ4v) is 2.13. The Balaban J connectivity index is 2.53. The van der Waals surface area contributed by atoms with Crippen molar-refractivity contribution in [2.75, 3.05) is 5.73 Å². The second-order valence-electron chi connectivity index (χ2n) is 4.59. The zero-order valence-electron chi connectivity index (χ0n) is 11.1. The van der Waals surface area contributed by atoms with Crippen LogP contribution < -0.4 is 5.73 Å². The first kappa shape index (κ1) is 13.5. The molecule has 5 heteroatoms. The van der Waals surface area contributed by atoms with Gasteiger partial charge in [0, 0.05) is 18.7 Å². The molecule has 0 amide bonds. The van der Waals surface area contributed by atoms with Crippen LogP contribution in [0.2, 0.25) is 0 Å². The number of nitrogens with two attached hydrogens (primary N) is 1. The summed E-state index contributed by atoms with van der Waals surface area (Å²) >= 11 is 0. The molecule has 1 aromatic heterocycles. The van der Waals surface area contributed by atoms with Crippen molar-refractivity contribution < 1.29 is 8.78 Å². The lowest BCUT2D eigenvalue weighted by Crippen LogP contribution is -1.98. The summed E-state index contributed by atoms with van der Waals surface area (Å²) in [5.74, 6) is -0.796. The lowest BCUT2D eigenvalue weighted by atomic mass is 10.0. The molecule has 0 aliphatic rings. The van der Waals surface area contributed by atoms with E-state index in [0.717, 1.165) is 31.0 Å². The molecule has 0 saturated carbocycles. The van der Waals surface area contributed by atoms with Gasteiger partial charge in [-0.15, -0.1) is 0 Å². The van der Waals surface area contributed by atoms with Crippen LogP contribution in [-0.2, 0) is 13.5 Å². The Hall–Kier alpha value is -1.91. The summed E-state index contributed by atoms with van der Waals surface area (Å²) in [7, 11) is 1.73. The van der Waals surface area contributed by atoms with Crippen molar-refractivity contribution in [3.05, 3.63) is 35.5 Å². The van der Waals surface area contributed by atoms with E-state index in [0.29, 0.717) is 16.9 Å². The van der Waals surface area contributed by atoms with Gasteiger partial charge in [-0.25, -0.2) is 8.78 Å². The lowest BCUT2D eigenvalue weighted by molar-refractivity contribution is 0.584. The van der Waals surface area contributed by atoms with E-state index in [-0.39, 0.29) is 0 Å². The van der Waals surface area contributed by atoms with Crippen LogP contribution >= 0.6 is 0 Å². The molecule has 2 rings (SSSR count). The van der Waals surface area contributed by atoms with Gasteiger partial charge in [0.2, 0.25) is 0 Å². The molecule has 0 spiro atoms. The molecule has 0 aliphatic carbocycles. The first-order chi connectivity index (χ1) is 9.02. The molecule has 0 bridgehead atoms. The van der Waals surface area contributed by atoms with Gasteiger partial charge in [-0.1, -0.05) is 13.3 Å².